The number of carbonyl (C=O) groups is 1. The van der Waals surface area contributed by atoms with Crippen molar-refractivity contribution in [2.75, 3.05) is 11.1 Å². The number of benzene rings is 3. The highest BCUT2D eigenvalue weighted by Gasteiger charge is 2.16. The SMILES string of the molecule is Cc1ccc(NC(=O)CS[C@@H](c2ccccc2)c2ccc(Cl)cc2)cc1C. The van der Waals surface area contributed by atoms with E-state index in [0.29, 0.717) is 10.8 Å². The molecule has 0 fully saturated rings. The lowest BCUT2D eigenvalue weighted by atomic mass is 10.0. The summed E-state index contributed by atoms with van der Waals surface area (Å²) in [6.07, 6.45) is 0. The van der Waals surface area contributed by atoms with Gasteiger partial charge >= 0.3 is 0 Å². The monoisotopic (exact) mass is 395 g/mol. The highest BCUT2D eigenvalue weighted by molar-refractivity contribution is 8.00. The predicted molar refractivity (Wildman–Crippen MR) is 117 cm³/mol. The average molecular weight is 396 g/mol. The van der Waals surface area contributed by atoms with Crippen LogP contribution >= 0.6 is 23.4 Å². The van der Waals surface area contributed by atoms with Gasteiger partial charge in [0.2, 0.25) is 5.91 Å². The fraction of sp³-hybridized carbons (Fsp3) is 0.174. The first-order chi connectivity index (χ1) is 13.0. The number of halogens is 1. The standard InChI is InChI=1S/C23H22ClNOS/c1-16-8-13-21(14-17(16)2)25-22(26)15-27-23(18-6-4-3-5-7-18)19-9-11-20(24)12-10-19/h3-14,23H,15H2,1-2H3,(H,25,26)/t23-/m0/s1. The maximum Gasteiger partial charge on any atom is 0.234 e. The molecule has 0 aromatic heterocycles. The van der Waals surface area contributed by atoms with Gasteiger partial charge in [-0.15, -0.1) is 11.8 Å². The molecule has 2 nitrogen and oxygen atoms in total. The number of hydrogen-bond donors (Lipinski definition) is 1. The van der Waals surface area contributed by atoms with Crippen molar-refractivity contribution in [3.63, 3.8) is 0 Å². The van der Waals surface area contributed by atoms with Crippen molar-refractivity contribution in [2.45, 2.75) is 19.1 Å². The minimum Gasteiger partial charge on any atom is -0.325 e. The van der Waals surface area contributed by atoms with Crippen molar-refractivity contribution in [1.82, 2.24) is 0 Å². The summed E-state index contributed by atoms with van der Waals surface area (Å²) < 4.78 is 0. The zero-order valence-electron chi connectivity index (χ0n) is 15.4. The average Bonchev–Trinajstić information content (AvgIpc) is 2.67. The smallest absolute Gasteiger partial charge is 0.234 e. The van der Waals surface area contributed by atoms with Crippen molar-refractivity contribution in [2.24, 2.45) is 0 Å². The highest BCUT2D eigenvalue weighted by Crippen LogP contribution is 2.36. The van der Waals surface area contributed by atoms with E-state index in [4.69, 9.17) is 11.6 Å². The lowest BCUT2D eigenvalue weighted by molar-refractivity contribution is -0.113. The minimum atomic E-state index is -0.00172. The molecule has 3 rings (SSSR count). The van der Waals surface area contributed by atoms with E-state index in [9.17, 15) is 4.79 Å². The second kappa shape index (κ2) is 9.12. The van der Waals surface area contributed by atoms with Gasteiger partial charge in [0.1, 0.15) is 0 Å². The molecule has 4 heteroatoms. The van der Waals surface area contributed by atoms with Crippen LogP contribution in [0.2, 0.25) is 5.02 Å². The Morgan fingerprint density at radius 1 is 0.926 bits per heavy atom. The third-order valence-corrected chi connectivity index (χ3v) is 6.01. The molecule has 0 spiro atoms. The van der Waals surface area contributed by atoms with Crippen LogP contribution in [0.5, 0.6) is 0 Å². The van der Waals surface area contributed by atoms with Crippen LogP contribution in [-0.4, -0.2) is 11.7 Å². The van der Waals surface area contributed by atoms with Crippen LogP contribution in [0.4, 0.5) is 5.69 Å². The van der Waals surface area contributed by atoms with Gasteiger partial charge in [-0.3, -0.25) is 4.79 Å². The molecule has 1 atom stereocenters. The number of aryl methyl sites for hydroxylation is 2. The zero-order chi connectivity index (χ0) is 19.2. The molecular formula is C23H22ClNOS. The van der Waals surface area contributed by atoms with Crippen LogP contribution in [0.15, 0.2) is 72.8 Å². The molecule has 138 valence electrons. The predicted octanol–water partition coefficient (Wildman–Crippen LogP) is 6.42. The largest absolute Gasteiger partial charge is 0.325 e. The first-order valence-electron chi connectivity index (χ1n) is 8.82. The van der Waals surface area contributed by atoms with Crippen LogP contribution in [0.1, 0.15) is 27.5 Å². The van der Waals surface area contributed by atoms with Crippen LogP contribution < -0.4 is 5.32 Å². The second-order valence-corrected chi connectivity index (χ2v) is 8.03. The summed E-state index contributed by atoms with van der Waals surface area (Å²) in [6.45, 7) is 4.11. The molecule has 0 saturated carbocycles. The summed E-state index contributed by atoms with van der Waals surface area (Å²) in [5, 5.41) is 3.79. The third-order valence-electron chi connectivity index (χ3n) is 4.45. The molecule has 1 amide bonds. The zero-order valence-corrected chi connectivity index (χ0v) is 17.0. The first kappa shape index (κ1) is 19.5. The van der Waals surface area contributed by atoms with Crippen molar-refractivity contribution in [3.05, 3.63) is 100 Å². The van der Waals surface area contributed by atoms with Crippen molar-refractivity contribution < 1.29 is 4.79 Å². The molecule has 27 heavy (non-hydrogen) atoms. The Bertz CT molecular complexity index is 909. The van der Waals surface area contributed by atoms with E-state index in [-0.39, 0.29) is 11.2 Å². The Morgan fingerprint density at radius 3 is 2.26 bits per heavy atom. The lowest BCUT2D eigenvalue weighted by Crippen LogP contribution is -2.15. The van der Waals surface area contributed by atoms with E-state index in [2.05, 4.69) is 24.4 Å². The van der Waals surface area contributed by atoms with E-state index in [1.807, 2.05) is 67.6 Å². The van der Waals surface area contributed by atoms with Gasteiger partial charge in [0.15, 0.2) is 0 Å². The molecule has 3 aromatic carbocycles. The molecule has 0 aliphatic heterocycles. The number of nitrogens with one attached hydrogen (secondary N) is 1. The molecule has 0 heterocycles. The maximum atomic E-state index is 12.5. The van der Waals surface area contributed by atoms with Crippen LogP contribution in [-0.2, 0) is 4.79 Å². The number of hydrogen-bond acceptors (Lipinski definition) is 2. The Balaban J connectivity index is 1.71. The lowest BCUT2D eigenvalue weighted by Gasteiger charge is -2.18. The number of anilines is 1. The maximum absolute atomic E-state index is 12.5. The van der Waals surface area contributed by atoms with Crippen LogP contribution in [0, 0.1) is 13.8 Å². The van der Waals surface area contributed by atoms with E-state index in [0.717, 1.165) is 11.3 Å². The topological polar surface area (TPSA) is 29.1 Å². The summed E-state index contributed by atoms with van der Waals surface area (Å²) in [7, 11) is 0. The highest BCUT2D eigenvalue weighted by atomic mass is 35.5. The Morgan fingerprint density at radius 2 is 1.59 bits per heavy atom. The molecular weight excluding hydrogens is 374 g/mol. The molecule has 0 radical (unpaired) electrons. The summed E-state index contributed by atoms with van der Waals surface area (Å²) in [5.41, 5.74) is 5.53. The van der Waals surface area contributed by atoms with Gasteiger partial charge in [-0.1, -0.05) is 60.1 Å². The van der Waals surface area contributed by atoms with Gasteiger partial charge < -0.3 is 5.32 Å². The number of amides is 1. The third kappa shape index (κ3) is 5.38. The second-order valence-electron chi connectivity index (χ2n) is 6.50. The molecule has 0 unspecified atom stereocenters. The Kier molecular flexibility index (Phi) is 6.59. The Hall–Kier alpha value is -2.23. The van der Waals surface area contributed by atoms with Crippen molar-refractivity contribution in [3.8, 4) is 0 Å². The van der Waals surface area contributed by atoms with E-state index in [1.54, 1.807) is 11.8 Å². The molecule has 0 saturated heterocycles. The fourth-order valence-electron chi connectivity index (χ4n) is 2.83. The van der Waals surface area contributed by atoms with Gasteiger partial charge in [-0.2, -0.15) is 0 Å². The number of carbonyl (C=O) groups excluding carboxylic acids is 1. The van der Waals surface area contributed by atoms with Gasteiger partial charge in [-0.05, 0) is 60.4 Å². The summed E-state index contributed by atoms with van der Waals surface area (Å²) >= 11 is 7.65. The van der Waals surface area contributed by atoms with Gasteiger partial charge in [0, 0.05) is 10.7 Å². The van der Waals surface area contributed by atoms with Crippen molar-refractivity contribution in [1.29, 1.82) is 0 Å². The molecule has 0 aliphatic carbocycles. The molecule has 3 aromatic rings. The van der Waals surface area contributed by atoms with Crippen LogP contribution in [0.25, 0.3) is 0 Å². The quantitative estimate of drug-likeness (QED) is 0.521. The number of thioether (sulfide) groups is 1. The van der Waals surface area contributed by atoms with E-state index < -0.39 is 0 Å². The summed E-state index contributed by atoms with van der Waals surface area (Å²) in [6, 6.07) is 24.0. The fourth-order valence-corrected chi connectivity index (χ4v) is 4.04. The van der Waals surface area contributed by atoms with Crippen LogP contribution in [0.3, 0.4) is 0 Å². The molecule has 1 N–H and O–H groups in total. The van der Waals surface area contributed by atoms with Gasteiger partial charge in [0.25, 0.3) is 0 Å². The summed E-state index contributed by atoms with van der Waals surface area (Å²) in [4.78, 5) is 12.5. The van der Waals surface area contributed by atoms with Crippen molar-refractivity contribution >= 4 is 35.0 Å². The van der Waals surface area contributed by atoms with Gasteiger partial charge in [-0.25, -0.2) is 0 Å². The van der Waals surface area contributed by atoms with E-state index >= 15 is 0 Å². The van der Waals surface area contributed by atoms with E-state index in [1.165, 1.54) is 16.7 Å². The minimum absolute atomic E-state index is 0.00172. The summed E-state index contributed by atoms with van der Waals surface area (Å²) in [5.74, 6) is 0.368. The molecule has 0 aliphatic rings. The number of rotatable bonds is 6. The normalized spacial score (nSPS) is 11.8. The first-order valence-corrected chi connectivity index (χ1v) is 10.2. The molecule has 0 bridgehead atoms. The Labute approximate surface area is 170 Å². The van der Waals surface area contributed by atoms with Gasteiger partial charge in [0.05, 0.1) is 11.0 Å².